The Morgan fingerprint density at radius 3 is 1.31 bits per heavy atom. The molecule has 0 bridgehead atoms. The van der Waals surface area contributed by atoms with E-state index in [0.717, 1.165) is 17.1 Å². The van der Waals surface area contributed by atoms with Crippen molar-refractivity contribution in [3.63, 3.8) is 0 Å². The van der Waals surface area contributed by atoms with Gasteiger partial charge in [-0.3, -0.25) is 0 Å². The van der Waals surface area contributed by atoms with Gasteiger partial charge in [0.05, 0.1) is 5.69 Å². The van der Waals surface area contributed by atoms with E-state index in [0.29, 0.717) is 0 Å². The predicted molar refractivity (Wildman–Crippen MR) is 237 cm³/mol. The largest absolute Gasteiger partial charge is 0.310 e. The van der Waals surface area contributed by atoms with E-state index in [2.05, 4.69) is 217 Å². The Morgan fingerprint density at radius 1 is 0.236 bits per heavy atom. The molecule has 0 spiro atoms. The Bertz CT molecular complexity index is 3210. The van der Waals surface area contributed by atoms with Gasteiger partial charge in [-0.1, -0.05) is 176 Å². The van der Waals surface area contributed by atoms with Crippen LogP contribution in [-0.2, 0) is 0 Å². The van der Waals surface area contributed by atoms with Crippen LogP contribution in [0.3, 0.4) is 0 Å². The van der Waals surface area contributed by atoms with Crippen LogP contribution in [0.1, 0.15) is 0 Å². The van der Waals surface area contributed by atoms with Crippen molar-refractivity contribution in [2.24, 2.45) is 0 Å². The van der Waals surface area contributed by atoms with Crippen molar-refractivity contribution in [3.8, 4) is 22.3 Å². The van der Waals surface area contributed by atoms with Crippen LogP contribution in [-0.4, -0.2) is 0 Å². The quantitative estimate of drug-likeness (QED) is 0.162. The first-order valence-electron chi connectivity index (χ1n) is 19.0. The molecular formula is C54H35N. The highest BCUT2D eigenvalue weighted by atomic mass is 15.1. The maximum atomic E-state index is 2.42. The fraction of sp³-hybridized carbons (Fsp3) is 0. The van der Waals surface area contributed by atoms with Gasteiger partial charge in [-0.2, -0.15) is 0 Å². The lowest BCUT2D eigenvalue weighted by atomic mass is 9.92. The molecule has 0 aromatic heterocycles. The summed E-state index contributed by atoms with van der Waals surface area (Å²) < 4.78 is 0. The molecule has 0 heterocycles. The van der Waals surface area contributed by atoms with Crippen molar-refractivity contribution in [1.29, 1.82) is 0 Å². The summed E-state index contributed by atoms with van der Waals surface area (Å²) in [6.45, 7) is 0. The summed E-state index contributed by atoms with van der Waals surface area (Å²) in [6, 6.07) is 77.8. The second kappa shape index (κ2) is 12.7. The number of benzene rings is 11. The number of hydrogen-bond donors (Lipinski definition) is 0. The van der Waals surface area contributed by atoms with Gasteiger partial charge < -0.3 is 4.90 Å². The van der Waals surface area contributed by atoms with Crippen molar-refractivity contribution in [1.82, 2.24) is 0 Å². The molecule has 11 rings (SSSR count). The second-order valence-electron chi connectivity index (χ2n) is 14.5. The Kier molecular flexibility index (Phi) is 7.25. The van der Waals surface area contributed by atoms with Crippen LogP contribution in [0.2, 0.25) is 0 Å². The number of nitrogens with zero attached hydrogens (tertiary/aromatic N) is 1. The fourth-order valence-corrected chi connectivity index (χ4v) is 8.80. The van der Waals surface area contributed by atoms with Crippen molar-refractivity contribution >= 4 is 81.7 Å². The predicted octanol–water partition coefficient (Wildman–Crippen LogP) is 15.4. The van der Waals surface area contributed by atoms with Gasteiger partial charge in [0.2, 0.25) is 0 Å². The third-order valence-electron chi connectivity index (χ3n) is 11.4. The molecule has 0 fully saturated rings. The molecule has 11 aromatic carbocycles. The number of anilines is 3. The third-order valence-corrected chi connectivity index (χ3v) is 11.4. The van der Waals surface area contributed by atoms with Crippen LogP contribution in [0.15, 0.2) is 212 Å². The maximum Gasteiger partial charge on any atom is 0.0546 e. The third kappa shape index (κ3) is 5.16. The van der Waals surface area contributed by atoms with Gasteiger partial charge in [0.25, 0.3) is 0 Å². The highest BCUT2D eigenvalue weighted by molar-refractivity contribution is 6.25. The van der Waals surface area contributed by atoms with E-state index in [9.17, 15) is 0 Å². The summed E-state index contributed by atoms with van der Waals surface area (Å²) in [6.07, 6.45) is 0. The molecule has 0 saturated heterocycles. The summed E-state index contributed by atoms with van der Waals surface area (Å²) in [5.41, 5.74) is 8.23. The van der Waals surface area contributed by atoms with Gasteiger partial charge in [0.1, 0.15) is 0 Å². The molecule has 0 aliphatic rings. The molecule has 0 N–H and O–H groups in total. The van der Waals surface area contributed by atoms with Crippen LogP contribution in [0, 0.1) is 0 Å². The summed E-state index contributed by atoms with van der Waals surface area (Å²) in [7, 11) is 0. The summed E-state index contributed by atoms with van der Waals surface area (Å²) in [5.74, 6) is 0. The van der Waals surface area contributed by atoms with E-state index < -0.39 is 0 Å². The monoisotopic (exact) mass is 697 g/mol. The Morgan fingerprint density at radius 2 is 0.673 bits per heavy atom. The Hall–Kier alpha value is -7.22. The Balaban J connectivity index is 1.07. The topological polar surface area (TPSA) is 3.24 Å². The lowest BCUT2D eigenvalue weighted by Gasteiger charge is -2.28. The minimum absolute atomic E-state index is 1.11. The summed E-state index contributed by atoms with van der Waals surface area (Å²) in [4.78, 5) is 2.42. The SMILES string of the molecule is c1ccc2c(-c3ccc(N(c4ccc(-c5ccc6c7ccccc7c7ccccc7c6c5)cc4)c4cc5ccccc5c5ccccc45)cc3)cccc2c1. The minimum atomic E-state index is 1.11. The number of rotatable bonds is 5. The molecule has 256 valence electrons. The molecule has 1 heteroatoms. The molecule has 0 radical (unpaired) electrons. The van der Waals surface area contributed by atoms with Gasteiger partial charge in [0.15, 0.2) is 0 Å². The highest BCUT2D eigenvalue weighted by Crippen LogP contribution is 2.44. The first-order chi connectivity index (χ1) is 27.3. The molecule has 11 aromatic rings. The average molecular weight is 698 g/mol. The lowest BCUT2D eigenvalue weighted by molar-refractivity contribution is 1.30. The molecule has 0 aliphatic heterocycles. The van der Waals surface area contributed by atoms with E-state index in [-0.39, 0.29) is 0 Å². The van der Waals surface area contributed by atoms with E-state index >= 15 is 0 Å². The number of fused-ring (bicyclic) bond motifs is 10. The van der Waals surface area contributed by atoms with Gasteiger partial charge in [-0.25, -0.2) is 0 Å². The summed E-state index contributed by atoms with van der Waals surface area (Å²) in [5, 5.41) is 15.2. The number of hydrogen-bond acceptors (Lipinski definition) is 1. The van der Waals surface area contributed by atoms with Gasteiger partial charge >= 0.3 is 0 Å². The summed E-state index contributed by atoms with van der Waals surface area (Å²) >= 11 is 0. The normalized spacial score (nSPS) is 11.6. The van der Waals surface area contributed by atoms with E-state index in [1.165, 1.54) is 86.9 Å². The van der Waals surface area contributed by atoms with Crippen molar-refractivity contribution in [2.75, 3.05) is 4.90 Å². The molecule has 0 amide bonds. The fourth-order valence-electron chi connectivity index (χ4n) is 8.80. The molecule has 1 nitrogen and oxygen atoms in total. The molecule has 0 aliphatic carbocycles. The molecule has 55 heavy (non-hydrogen) atoms. The van der Waals surface area contributed by atoms with Crippen LogP contribution in [0.25, 0.3) is 86.9 Å². The van der Waals surface area contributed by atoms with E-state index in [4.69, 9.17) is 0 Å². The highest BCUT2D eigenvalue weighted by Gasteiger charge is 2.18. The van der Waals surface area contributed by atoms with E-state index in [1.54, 1.807) is 0 Å². The van der Waals surface area contributed by atoms with Gasteiger partial charge in [-0.15, -0.1) is 0 Å². The van der Waals surface area contributed by atoms with Gasteiger partial charge in [0, 0.05) is 16.8 Å². The van der Waals surface area contributed by atoms with Crippen LogP contribution in [0.4, 0.5) is 17.1 Å². The first-order valence-corrected chi connectivity index (χ1v) is 19.0. The van der Waals surface area contributed by atoms with Crippen LogP contribution in [0.5, 0.6) is 0 Å². The first kappa shape index (κ1) is 31.3. The lowest BCUT2D eigenvalue weighted by Crippen LogP contribution is -2.10. The Labute approximate surface area is 320 Å². The van der Waals surface area contributed by atoms with Crippen LogP contribution >= 0.6 is 0 Å². The van der Waals surface area contributed by atoms with Gasteiger partial charge in [-0.05, 0) is 118 Å². The average Bonchev–Trinajstić information content (AvgIpc) is 3.27. The standard InChI is InChI=1S/C54H35N/c1-3-15-43-37(12-1)14-11-23-44(43)38-26-31-42(32-27-38)55(54-35-40-13-2-4-16-45(40)46-17-9-10-22-52(46)54)41-29-24-36(25-30-41)39-28-33-51-49-20-6-5-18-47(49)48-19-7-8-21-50(48)53(51)34-39/h1-35H. The van der Waals surface area contributed by atoms with Crippen molar-refractivity contribution in [2.45, 2.75) is 0 Å². The van der Waals surface area contributed by atoms with Crippen LogP contribution < -0.4 is 4.90 Å². The van der Waals surface area contributed by atoms with Crippen molar-refractivity contribution < 1.29 is 0 Å². The zero-order valence-corrected chi connectivity index (χ0v) is 30.2. The molecular weight excluding hydrogens is 663 g/mol. The molecule has 0 saturated carbocycles. The zero-order valence-electron chi connectivity index (χ0n) is 30.2. The van der Waals surface area contributed by atoms with E-state index in [1.807, 2.05) is 0 Å². The molecule has 0 unspecified atom stereocenters. The van der Waals surface area contributed by atoms with Crippen molar-refractivity contribution in [3.05, 3.63) is 212 Å². The molecule has 0 atom stereocenters. The zero-order chi connectivity index (χ0) is 36.3. The smallest absolute Gasteiger partial charge is 0.0546 e. The second-order valence-corrected chi connectivity index (χ2v) is 14.5. The minimum Gasteiger partial charge on any atom is -0.310 e. The maximum absolute atomic E-state index is 2.42.